The molecule has 10 heteroatoms. The van der Waals surface area contributed by atoms with Gasteiger partial charge in [0, 0.05) is 23.7 Å². The van der Waals surface area contributed by atoms with Gasteiger partial charge in [-0.15, -0.1) is 11.8 Å². The van der Waals surface area contributed by atoms with Crippen molar-refractivity contribution in [3.63, 3.8) is 0 Å². The van der Waals surface area contributed by atoms with Gasteiger partial charge < -0.3 is 14.3 Å². The van der Waals surface area contributed by atoms with E-state index in [2.05, 4.69) is 10.3 Å². The fourth-order valence-corrected chi connectivity index (χ4v) is 4.55. The molecular formula is C25H29N5O4S. The Kier molecular flexibility index (Phi) is 7.91. The van der Waals surface area contributed by atoms with E-state index < -0.39 is 11.2 Å². The van der Waals surface area contributed by atoms with Crippen LogP contribution in [0.4, 0.5) is 0 Å². The summed E-state index contributed by atoms with van der Waals surface area (Å²) in [5.41, 5.74) is 0.737. The molecule has 9 nitrogen and oxygen atoms in total. The number of carbonyl (C=O) groups excluding carboxylic acids is 1. The van der Waals surface area contributed by atoms with Crippen molar-refractivity contribution in [3.8, 4) is 0 Å². The van der Waals surface area contributed by atoms with Crippen LogP contribution in [-0.4, -0.2) is 36.9 Å². The smallest absolute Gasteiger partial charge is 0.333 e. The van der Waals surface area contributed by atoms with Crippen molar-refractivity contribution >= 4 is 28.8 Å². The maximum Gasteiger partial charge on any atom is 0.333 e. The fourth-order valence-electron chi connectivity index (χ4n) is 3.78. The minimum Gasteiger partial charge on any atom is -0.467 e. The van der Waals surface area contributed by atoms with Crippen LogP contribution < -0.4 is 16.6 Å². The first-order valence-corrected chi connectivity index (χ1v) is 12.6. The maximum atomic E-state index is 13.3. The number of nitrogens with zero attached hydrogens (tertiary/aromatic N) is 4. The van der Waals surface area contributed by atoms with Gasteiger partial charge in [0.15, 0.2) is 11.2 Å². The predicted octanol–water partition coefficient (Wildman–Crippen LogP) is 3.02. The second-order valence-corrected chi connectivity index (χ2v) is 9.48. The quantitative estimate of drug-likeness (QED) is 0.253. The van der Waals surface area contributed by atoms with E-state index in [1.54, 1.807) is 34.7 Å². The minimum atomic E-state index is -0.536. The van der Waals surface area contributed by atoms with Gasteiger partial charge in [-0.2, -0.15) is 0 Å². The van der Waals surface area contributed by atoms with E-state index in [0.29, 0.717) is 36.8 Å². The summed E-state index contributed by atoms with van der Waals surface area (Å²) in [5.74, 6) is 0.955. The molecule has 184 valence electrons. The summed E-state index contributed by atoms with van der Waals surface area (Å²) in [6.07, 6.45) is 4.72. The number of rotatable bonds is 11. The van der Waals surface area contributed by atoms with Crippen molar-refractivity contribution in [2.24, 2.45) is 0 Å². The van der Waals surface area contributed by atoms with Crippen LogP contribution in [0.25, 0.3) is 11.2 Å². The number of benzene rings is 1. The van der Waals surface area contributed by atoms with E-state index in [-0.39, 0.29) is 18.0 Å². The lowest BCUT2D eigenvalue weighted by Crippen LogP contribution is -2.44. The summed E-state index contributed by atoms with van der Waals surface area (Å²) in [6, 6.07) is 11.8. The molecule has 35 heavy (non-hydrogen) atoms. The monoisotopic (exact) mass is 495 g/mol. The first-order chi connectivity index (χ1) is 17.0. The molecule has 0 saturated carbocycles. The summed E-state index contributed by atoms with van der Waals surface area (Å²) in [6.45, 7) is 4.85. The molecule has 0 aliphatic carbocycles. The lowest BCUT2D eigenvalue weighted by molar-refractivity contribution is -0.121. The van der Waals surface area contributed by atoms with Crippen LogP contribution in [0.2, 0.25) is 0 Å². The number of carbonyl (C=O) groups is 1. The number of imidazole rings is 1. The number of hydrogen-bond donors (Lipinski definition) is 1. The third kappa shape index (κ3) is 5.76. The highest BCUT2D eigenvalue weighted by Gasteiger charge is 2.20. The minimum absolute atomic E-state index is 0.278. The molecule has 1 aromatic carbocycles. The Bertz CT molecular complexity index is 1400. The largest absolute Gasteiger partial charge is 0.467 e. The Morgan fingerprint density at radius 3 is 2.66 bits per heavy atom. The summed E-state index contributed by atoms with van der Waals surface area (Å²) < 4.78 is 9.55. The molecule has 4 rings (SSSR count). The topological polar surface area (TPSA) is 104 Å². The van der Waals surface area contributed by atoms with Crippen molar-refractivity contribution in [2.75, 3.05) is 12.3 Å². The number of fused-ring (bicyclic) bond motifs is 1. The number of unbranched alkanes of at least 4 members (excludes halogenated alkanes) is 1. The number of aromatic nitrogens is 4. The SMILES string of the molecule is CCCCn1c(=O)n(CC(=O)NCCSc2ccc(C)cc2)c(=O)c2c1ncn2Cc1ccco1. The zero-order chi connectivity index (χ0) is 24.8. The summed E-state index contributed by atoms with van der Waals surface area (Å²) >= 11 is 1.63. The van der Waals surface area contributed by atoms with Gasteiger partial charge in [0.1, 0.15) is 12.3 Å². The first kappa shape index (κ1) is 24.6. The second kappa shape index (κ2) is 11.3. The lowest BCUT2D eigenvalue weighted by Gasteiger charge is -2.12. The number of hydrogen-bond acceptors (Lipinski definition) is 6. The van der Waals surface area contributed by atoms with Crippen LogP contribution in [0.1, 0.15) is 31.1 Å². The van der Waals surface area contributed by atoms with Gasteiger partial charge in [-0.3, -0.25) is 14.2 Å². The molecular weight excluding hydrogens is 466 g/mol. The summed E-state index contributed by atoms with van der Waals surface area (Å²) in [4.78, 5) is 44.7. The predicted molar refractivity (Wildman–Crippen MR) is 136 cm³/mol. The molecule has 0 aliphatic rings. The normalized spacial score (nSPS) is 11.3. The van der Waals surface area contributed by atoms with E-state index >= 15 is 0 Å². The van der Waals surface area contributed by atoms with Crippen LogP contribution in [-0.2, 0) is 24.4 Å². The first-order valence-electron chi connectivity index (χ1n) is 11.6. The zero-order valence-electron chi connectivity index (χ0n) is 19.9. The second-order valence-electron chi connectivity index (χ2n) is 8.31. The molecule has 0 radical (unpaired) electrons. The highest BCUT2D eigenvalue weighted by Crippen LogP contribution is 2.17. The summed E-state index contributed by atoms with van der Waals surface area (Å²) in [7, 11) is 0. The maximum absolute atomic E-state index is 13.3. The van der Waals surface area contributed by atoms with E-state index in [0.717, 1.165) is 22.3 Å². The van der Waals surface area contributed by atoms with Gasteiger partial charge in [-0.25, -0.2) is 14.3 Å². The third-order valence-electron chi connectivity index (χ3n) is 5.64. The number of nitrogens with one attached hydrogen (secondary N) is 1. The van der Waals surface area contributed by atoms with Crippen molar-refractivity contribution in [1.82, 2.24) is 24.0 Å². The molecule has 0 spiro atoms. The fraction of sp³-hybridized carbons (Fsp3) is 0.360. The molecule has 1 amide bonds. The molecule has 0 aliphatic heterocycles. The molecule has 3 heterocycles. The standard InChI is InChI=1S/C25H29N5O4S/c1-3-4-12-29-23-22(28(17-27-23)15-19-6-5-13-34-19)24(32)30(25(29)33)16-21(31)26-11-14-35-20-9-7-18(2)8-10-20/h5-10,13,17H,3-4,11-12,14-16H2,1-2H3,(H,26,31). The van der Waals surface area contributed by atoms with Crippen molar-refractivity contribution in [1.29, 1.82) is 0 Å². The number of furan rings is 1. The Morgan fingerprint density at radius 2 is 1.94 bits per heavy atom. The van der Waals surface area contributed by atoms with Gasteiger partial charge in [-0.05, 0) is 37.6 Å². The lowest BCUT2D eigenvalue weighted by atomic mass is 10.2. The van der Waals surface area contributed by atoms with Gasteiger partial charge in [-0.1, -0.05) is 31.0 Å². The average molecular weight is 496 g/mol. The van der Waals surface area contributed by atoms with E-state index in [4.69, 9.17) is 4.42 Å². The van der Waals surface area contributed by atoms with E-state index in [1.165, 1.54) is 16.5 Å². The highest BCUT2D eigenvalue weighted by atomic mass is 32.2. The Labute approximate surface area is 206 Å². The van der Waals surface area contributed by atoms with Crippen molar-refractivity contribution < 1.29 is 9.21 Å². The summed E-state index contributed by atoms with van der Waals surface area (Å²) in [5, 5.41) is 2.82. The van der Waals surface area contributed by atoms with Crippen molar-refractivity contribution in [3.05, 3.63) is 81.2 Å². The van der Waals surface area contributed by atoms with Gasteiger partial charge >= 0.3 is 5.69 Å². The molecule has 0 unspecified atom stereocenters. The molecule has 3 aromatic heterocycles. The number of aryl methyl sites for hydroxylation is 2. The van der Waals surface area contributed by atoms with Crippen molar-refractivity contribution in [2.45, 2.75) is 51.2 Å². The molecule has 0 saturated heterocycles. The molecule has 0 fully saturated rings. The molecule has 0 bridgehead atoms. The Balaban J connectivity index is 1.53. The van der Waals surface area contributed by atoms with Crippen LogP contribution in [0.15, 0.2) is 67.9 Å². The van der Waals surface area contributed by atoms with Gasteiger partial charge in [0.2, 0.25) is 5.91 Å². The van der Waals surface area contributed by atoms with E-state index in [1.807, 2.05) is 38.1 Å². The van der Waals surface area contributed by atoms with Crippen LogP contribution >= 0.6 is 11.8 Å². The molecule has 4 aromatic rings. The van der Waals surface area contributed by atoms with Gasteiger partial charge in [0.05, 0.1) is 19.1 Å². The van der Waals surface area contributed by atoms with Crippen LogP contribution in [0, 0.1) is 6.92 Å². The zero-order valence-corrected chi connectivity index (χ0v) is 20.7. The Morgan fingerprint density at radius 1 is 1.14 bits per heavy atom. The number of amides is 1. The van der Waals surface area contributed by atoms with E-state index in [9.17, 15) is 14.4 Å². The number of thioether (sulfide) groups is 1. The Hall–Kier alpha value is -3.53. The molecule has 1 N–H and O–H groups in total. The average Bonchev–Trinajstić information content (AvgIpc) is 3.51. The highest BCUT2D eigenvalue weighted by molar-refractivity contribution is 7.99. The van der Waals surface area contributed by atoms with Crippen LogP contribution in [0.3, 0.4) is 0 Å². The van der Waals surface area contributed by atoms with Gasteiger partial charge in [0.25, 0.3) is 5.56 Å². The molecule has 0 atom stereocenters. The third-order valence-corrected chi connectivity index (χ3v) is 6.65. The van der Waals surface area contributed by atoms with Crippen LogP contribution in [0.5, 0.6) is 0 Å².